The zero-order valence-electron chi connectivity index (χ0n) is 4.25. The Morgan fingerprint density at radius 2 is 2.14 bits per heavy atom. The van der Waals surface area contributed by atoms with Gasteiger partial charge in [0.1, 0.15) is 0 Å². The maximum absolute atomic E-state index is 3.53. The number of alkyl halides is 2. The van der Waals surface area contributed by atoms with E-state index < -0.39 is 0 Å². The Kier molecular flexibility index (Phi) is 1.50. The maximum atomic E-state index is 3.53. The van der Waals surface area contributed by atoms with E-state index in [1.54, 1.807) is 0 Å². The molecule has 0 bridgehead atoms. The summed E-state index contributed by atoms with van der Waals surface area (Å²) in [7, 11) is 0. The Balaban J connectivity index is 2.30. The maximum Gasteiger partial charge on any atom is 0.0837 e. The van der Waals surface area contributed by atoms with Crippen LogP contribution in [0, 0.1) is 5.92 Å². The summed E-state index contributed by atoms with van der Waals surface area (Å²) in [6.07, 6.45) is 2.58. The molecule has 1 atom stereocenters. The molecule has 0 unspecified atom stereocenters. The highest BCUT2D eigenvalue weighted by atomic mass is 79.9. The van der Waals surface area contributed by atoms with Crippen molar-refractivity contribution in [2.45, 2.75) is 23.0 Å². The fourth-order valence-corrected chi connectivity index (χ4v) is 2.14. The summed E-state index contributed by atoms with van der Waals surface area (Å²) in [6.45, 7) is 2.22. The van der Waals surface area contributed by atoms with E-state index in [1.165, 1.54) is 12.8 Å². The molecule has 1 saturated carbocycles. The summed E-state index contributed by atoms with van der Waals surface area (Å²) < 4.78 is 0.342. The summed E-state index contributed by atoms with van der Waals surface area (Å²) in [5.41, 5.74) is 0. The zero-order chi connectivity index (χ0) is 5.49. The third kappa shape index (κ3) is 1.20. The highest BCUT2D eigenvalue weighted by Gasteiger charge is 2.48. The van der Waals surface area contributed by atoms with Gasteiger partial charge in [0.15, 0.2) is 0 Å². The van der Waals surface area contributed by atoms with E-state index in [2.05, 4.69) is 38.8 Å². The molecular weight excluding hydrogens is 220 g/mol. The Bertz CT molecular complexity index is 78.1. The molecule has 42 valence electrons. The topological polar surface area (TPSA) is 0 Å². The Hall–Kier alpha value is 0.960. The summed E-state index contributed by atoms with van der Waals surface area (Å²) in [5, 5.41) is 0. The largest absolute Gasteiger partial charge is 0.0837 e. The molecule has 1 aliphatic carbocycles. The molecule has 0 aromatic carbocycles. The van der Waals surface area contributed by atoms with Crippen molar-refractivity contribution < 1.29 is 0 Å². The third-order valence-corrected chi connectivity index (χ3v) is 3.39. The van der Waals surface area contributed by atoms with Crippen molar-refractivity contribution in [2.75, 3.05) is 0 Å². The fraction of sp³-hybridized carbons (Fsp3) is 1.00. The van der Waals surface area contributed by atoms with Crippen LogP contribution in [0.25, 0.3) is 0 Å². The molecule has 1 aliphatic rings. The first-order valence-corrected chi connectivity index (χ1v) is 4.13. The van der Waals surface area contributed by atoms with Crippen molar-refractivity contribution >= 4 is 31.9 Å². The number of rotatable bonds is 1. The second-order valence-corrected chi connectivity index (χ2v) is 5.96. The van der Waals surface area contributed by atoms with Crippen molar-refractivity contribution in [2.24, 2.45) is 5.92 Å². The Morgan fingerprint density at radius 1 is 1.71 bits per heavy atom. The minimum absolute atomic E-state index is 0.342. The van der Waals surface area contributed by atoms with Crippen LogP contribution in [0.2, 0.25) is 0 Å². The number of hydrogen-bond acceptors (Lipinski definition) is 0. The molecular formula is C5H8Br2. The van der Waals surface area contributed by atoms with Gasteiger partial charge < -0.3 is 0 Å². The molecule has 0 heterocycles. The lowest BCUT2D eigenvalue weighted by molar-refractivity contribution is 0.798. The minimum atomic E-state index is 0.342. The van der Waals surface area contributed by atoms with Crippen LogP contribution >= 0.6 is 31.9 Å². The van der Waals surface area contributed by atoms with E-state index in [-0.39, 0.29) is 0 Å². The molecule has 0 amide bonds. The van der Waals surface area contributed by atoms with Crippen LogP contribution in [0.5, 0.6) is 0 Å². The van der Waals surface area contributed by atoms with E-state index in [1.807, 2.05) is 0 Å². The van der Waals surface area contributed by atoms with E-state index in [9.17, 15) is 0 Å². The van der Waals surface area contributed by atoms with Gasteiger partial charge in [-0.05, 0) is 12.3 Å². The molecule has 0 nitrogen and oxygen atoms in total. The van der Waals surface area contributed by atoms with Crippen LogP contribution in [-0.4, -0.2) is 3.23 Å². The van der Waals surface area contributed by atoms with Crippen LogP contribution in [0.3, 0.4) is 0 Å². The second-order valence-electron chi connectivity index (χ2n) is 2.07. The van der Waals surface area contributed by atoms with Gasteiger partial charge in [0, 0.05) is 0 Å². The Morgan fingerprint density at radius 3 is 2.14 bits per heavy atom. The van der Waals surface area contributed by atoms with Crippen molar-refractivity contribution in [3.8, 4) is 0 Å². The molecule has 0 N–H and O–H groups in total. The SMILES string of the molecule is CC[C@H]1CC1(Br)Br. The zero-order valence-corrected chi connectivity index (χ0v) is 7.42. The lowest BCUT2D eigenvalue weighted by Crippen LogP contribution is -1.83. The summed E-state index contributed by atoms with van der Waals surface area (Å²) in [6, 6.07) is 0. The summed E-state index contributed by atoms with van der Waals surface area (Å²) in [4.78, 5) is 0. The van der Waals surface area contributed by atoms with Crippen molar-refractivity contribution in [3.63, 3.8) is 0 Å². The molecule has 0 radical (unpaired) electrons. The van der Waals surface area contributed by atoms with Crippen LogP contribution < -0.4 is 0 Å². The van der Waals surface area contributed by atoms with Crippen LogP contribution in [-0.2, 0) is 0 Å². The van der Waals surface area contributed by atoms with E-state index >= 15 is 0 Å². The van der Waals surface area contributed by atoms with Crippen LogP contribution in [0.15, 0.2) is 0 Å². The molecule has 0 aliphatic heterocycles. The summed E-state index contributed by atoms with van der Waals surface area (Å²) >= 11 is 7.06. The van der Waals surface area contributed by atoms with E-state index in [4.69, 9.17) is 0 Å². The van der Waals surface area contributed by atoms with Gasteiger partial charge in [0.2, 0.25) is 0 Å². The molecule has 2 heteroatoms. The van der Waals surface area contributed by atoms with Gasteiger partial charge in [0.25, 0.3) is 0 Å². The van der Waals surface area contributed by atoms with Gasteiger partial charge in [-0.1, -0.05) is 45.2 Å². The Labute approximate surface area is 60.9 Å². The van der Waals surface area contributed by atoms with Crippen molar-refractivity contribution in [1.29, 1.82) is 0 Å². The number of halogens is 2. The molecule has 0 saturated heterocycles. The summed E-state index contributed by atoms with van der Waals surface area (Å²) in [5.74, 6) is 0.882. The predicted molar refractivity (Wildman–Crippen MR) is 39.0 cm³/mol. The highest BCUT2D eigenvalue weighted by Crippen LogP contribution is 2.57. The minimum Gasteiger partial charge on any atom is -0.0724 e. The van der Waals surface area contributed by atoms with Gasteiger partial charge in [-0.3, -0.25) is 0 Å². The van der Waals surface area contributed by atoms with Crippen molar-refractivity contribution in [3.05, 3.63) is 0 Å². The quantitative estimate of drug-likeness (QED) is 0.605. The molecule has 1 fully saturated rings. The molecule has 0 aromatic heterocycles. The first kappa shape index (κ1) is 6.09. The van der Waals surface area contributed by atoms with Gasteiger partial charge in [-0.15, -0.1) is 0 Å². The molecule has 0 spiro atoms. The van der Waals surface area contributed by atoms with E-state index in [0.29, 0.717) is 3.23 Å². The van der Waals surface area contributed by atoms with Gasteiger partial charge >= 0.3 is 0 Å². The lowest BCUT2D eigenvalue weighted by atomic mass is 10.3. The highest BCUT2D eigenvalue weighted by molar-refractivity contribution is 9.25. The third-order valence-electron chi connectivity index (χ3n) is 1.45. The smallest absolute Gasteiger partial charge is 0.0724 e. The fourth-order valence-electron chi connectivity index (χ4n) is 0.713. The van der Waals surface area contributed by atoms with Crippen molar-refractivity contribution in [1.82, 2.24) is 0 Å². The monoisotopic (exact) mass is 226 g/mol. The lowest BCUT2D eigenvalue weighted by Gasteiger charge is -1.90. The molecule has 1 rings (SSSR count). The average molecular weight is 228 g/mol. The first-order valence-electron chi connectivity index (χ1n) is 2.54. The van der Waals surface area contributed by atoms with Crippen LogP contribution in [0.4, 0.5) is 0 Å². The number of hydrogen-bond donors (Lipinski definition) is 0. The van der Waals surface area contributed by atoms with E-state index in [0.717, 1.165) is 5.92 Å². The van der Waals surface area contributed by atoms with Gasteiger partial charge in [-0.25, -0.2) is 0 Å². The van der Waals surface area contributed by atoms with Gasteiger partial charge in [-0.2, -0.15) is 0 Å². The predicted octanol–water partition coefficient (Wildman–Crippen LogP) is 2.90. The average Bonchev–Trinajstić information content (AvgIpc) is 2.13. The molecule has 0 aromatic rings. The first-order chi connectivity index (χ1) is 3.17. The standard InChI is InChI=1S/C5H8Br2/c1-2-4-3-5(4,6)7/h4H,2-3H2,1H3/t4-/m0/s1. The normalized spacial score (nSPS) is 35.6. The van der Waals surface area contributed by atoms with Gasteiger partial charge in [0.05, 0.1) is 3.23 Å². The molecule has 7 heavy (non-hydrogen) atoms. The second kappa shape index (κ2) is 1.73. The van der Waals surface area contributed by atoms with Crippen LogP contribution in [0.1, 0.15) is 19.8 Å².